The van der Waals surface area contributed by atoms with Crippen LogP contribution in [0.25, 0.3) is 31.8 Å². The third-order valence-electron chi connectivity index (χ3n) is 4.87. The molecule has 148 valence electrons. The lowest BCUT2D eigenvalue weighted by atomic mass is 10.2. The zero-order chi connectivity index (χ0) is 20.7. The molecule has 0 saturated carbocycles. The summed E-state index contributed by atoms with van der Waals surface area (Å²) in [5.74, 6) is -0.200. The number of anilines is 1. The Morgan fingerprint density at radius 3 is 2.63 bits per heavy atom. The van der Waals surface area contributed by atoms with Gasteiger partial charge in [-0.25, -0.2) is 14.6 Å². The molecule has 3 aromatic heterocycles. The fourth-order valence-electron chi connectivity index (χ4n) is 3.34. The molecule has 30 heavy (non-hydrogen) atoms. The van der Waals surface area contributed by atoms with Crippen molar-refractivity contribution in [1.29, 1.82) is 0 Å². The van der Waals surface area contributed by atoms with Gasteiger partial charge in [0.1, 0.15) is 5.01 Å². The number of aromatic nitrogens is 4. The predicted octanol–water partition coefficient (Wildman–Crippen LogP) is 5.54. The maximum Gasteiger partial charge on any atom is 0.257 e. The van der Waals surface area contributed by atoms with E-state index in [-0.39, 0.29) is 11.9 Å². The average Bonchev–Trinajstić information content (AvgIpc) is 3.38. The van der Waals surface area contributed by atoms with Gasteiger partial charge in [-0.3, -0.25) is 4.79 Å². The topological polar surface area (TPSA) is 72.7 Å². The first kappa shape index (κ1) is 18.4. The number of benzene rings is 2. The number of rotatable bonds is 4. The maximum atomic E-state index is 12.7. The minimum Gasteiger partial charge on any atom is -0.322 e. The molecule has 5 aromatic rings. The summed E-state index contributed by atoms with van der Waals surface area (Å²) in [6, 6.07) is 17.9. The van der Waals surface area contributed by atoms with Gasteiger partial charge in [0.15, 0.2) is 5.65 Å². The van der Waals surface area contributed by atoms with E-state index in [4.69, 9.17) is 0 Å². The van der Waals surface area contributed by atoms with Crippen molar-refractivity contribution in [3.63, 3.8) is 0 Å². The molecule has 2 aromatic carbocycles. The summed E-state index contributed by atoms with van der Waals surface area (Å²) in [7, 11) is 0. The Hall–Kier alpha value is -3.58. The van der Waals surface area contributed by atoms with E-state index < -0.39 is 0 Å². The largest absolute Gasteiger partial charge is 0.322 e. The first-order chi connectivity index (χ1) is 14.6. The van der Waals surface area contributed by atoms with Gasteiger partial charge in [0.25, 0.3) is 5.91 Å². The van der Waals surface area contributed by atoms with E-state index in [1.54, 1.807) is 23.7 Å². The molecule has 7 heteroatoms. The van der Waals surface area contributed by atoms with Crippen molar-refractivity contribution in [3.05, 3.63) is 72.6 Å². The third kappa shape index (κ3) is 3.33. The van der Waals surface area contributed by atoms with Gasteiger partial charge in [0.2, 0.25) is 0 Å². The molecule has 0 spiro atoms. The Kier molecular flexibility index (Phi) is 4.52. The van der Waals surface area contributed by atoms with E-state index in [2.05, 4.69) is 26.4 Å². The monoisotopic (exact) mass is 413 g/mol. The van der Waals surface area contributed by atoms with E-state index in [1.807, 2.05) is 67.1 Å². The summed E-state index contributed by atoms with van der Waals surface area (Å²) in [5.41, 5.74) is 4.03. The first-order valence-corrected chi connectivity index (χ1v) is 10.5. The maximum absolute atomic E-state index is 12.7. The number of hydrogen-bond donors (Lipinski definition) is 1. The summed E-state index contributed by atoms with van der Waals surface area (Å²) in [5, 5.41) is 9.10. The zero-order valence-corrected chi connectivity index (χ0v) is 17.4. The Labute approximate surface area is 177 Å². The van der Waals surface area contributed by atoms with Gasteiger partial charge in [-0.2, -0.15) is 5.10 Å². The van der Waals surface area contributed by atoms with Gasteiger partial charge >= 0.3 is 0 Å². The molecule has 0 aliphatic rings. The highest BCUT2D eigenvalue weighted by Gasteiger charge is 2.12. The van der Waals surface area contributed by atoms with Crippen LogP contribution >= 0.6 is 11.3 Å². The molecule has 0 saturated heterocycles. The fourth-order valence-corrected chi connectivity index (χ4v) is 4.31. The van der Waals surface area contributed by atoms with Crippen molar-refractivity contribution >= 4 is 44.2 Å². The SMILES string of the molecule is CC(C)n1ncc2cc(C(=O)Nc3ccc(-c4nc5ccccc5s4)cc3)cnc21. The van der Waals surface area contributed by atoms with Crippen molar-refractivity contribution in [2.24, 2.45) is 0 Å². The highest BCUT2D eigenvalue weighted by atomic mass is 32.1. The van der Waals surface area contributed by atoms with Crippen molar-refractivity contribution in [2.45, 2.75) is 19.9 Å². The summed E-state index contributed by atoms with van der Waals surface area (Å²) in [4.78, 5) is 21.8. The Bertz CT molecular complexity index is 1330. The van der Waals surface area contributed by atoms with E-state index >= 15 is 0 Å². The molecule has 6 nitrogen and oxygen atoms in total. The molecule has 0 aliphatic carbocycles. The summed E-state index contributed by atoms with van der Waals surface area (Å²) in [6.45, 7) is 4.10. The van der Waals surface area contributed by atoms with E-state index in [9.17, 15) is 4.79 Å². The summed E-state index contributed by atoms with van der Waals surface area (Å²) < 4.78 is 3.01. The van der Waals surface area contributed by atoms with Crippen LogP contribution in [0.4, 0.5) is 5.69 Å². The van der Waals surface area contributed by atoms with Crippen LogP contribution < -0.4 is 5.32 Å². The van der Waals surface area contributed by atoms with Gasteiger partial charge in [-0.05, 0) is 56.3 Å². The molecular formula is C23H19N5OS. The fraction of sp³-hybridized carbons (Fsp3) is 0.130. The molecule has 0 unspecified atom stereocenters. The number of amides is 1. The lowest BCUT2D eigenvalue weighted by Gasteiger charge is -2.08. The lowest BCUT2D eigenvalue weighted by Crippen LogP contribution is -2.12. The number of nitrogens with zero attached hydrogens (tertiary/aromatic N) is 4. The molecule has 0 radical (unpaired) electrons. The second-order valence-electron chi connectivity index (χ2n) is 7.34. The molecule has 0 bridgehead atoms. The van der Waals surface area contributed by atoms with Crippen LogP contribution in [-0.4, -0.2) is 25.7 Å². The van der Waals surface area contributed by atoms with E-state index in [0.29, 0.717) is 5.56 Å². The molecule has 1 amide bonds. The quantitative estimate of drug-likeness (QED) is 0.420. The van der Waals surface area contributed by atoms with E-state index in [0.717, 1.165) is 37.5 Å². The second kappa shape index (κ2) is 7.35. The van der Waals surface area contributed by atoms with Crippen molar-refractivity contribution < 1.29 is 4.79 Å². The molecule has 0 aliphatic heterocycles. The van der Waals surface area contributed by atoms with Crippen LogP contribution in [-0.2, 0) is 0 Å². The highest BCUT2D eigenvalue weighted by molar-refractivity contribution is 7.21. The number of thiazole rings is 1. The van der Waals surface area contributed by atoms with Gasteiger partial charge in [-0.15, -0.1) is 11.3 Å². The molecule has 5 rings (SSSR count). The van der Waals surface area contributed by atoms with Crippen LogP contribution in [0.3, 0.4) is 0 Å². The van der Waals surface area contributed by atoms with Gasteiger partial charge in [0.05, 0.1) is 22.0 Å². The number of para-hydroxylation sites is 1. The number of hydrogen-bond acceptors (Lipinski definition) is 5. The number of carbonyl (C=O) groups is 1. The number of carbonyl (C=O) groups excluding carboxylic acids is 1. The van der Waals surface area contributed by atoms with Crippen molar-refractivity contribution in [3.8, 4) is 10.6 Å². The molecule has 0 fully saturated rings. The minimum atomic E-state index is -0.200. The second-order valence-corrected chi connectivity index (χ2v) is 8.37. The van der Waals surface area contributed by atoms with Crippen molar-refractivity contribution in [2.75, 3.05) is 5.32 Å². The average molecular weight is 414 g/mol. The lowest BCUT2D eigenvalue weighted by molar-refractivity contribution is 0.102. The van der Waals surface area contributed by atoms with E-state index in [1.165, 1.54) is 0 Å². The van der Waals surface area contributed by atoms with Crippen LogP contribution in [0.5, 0.6) is 0 Å². The number of pyridine rings is 1. The van der Waals surface area contributed by atoms with Crippen LogP contribution in [0.15, 0.2) is 67.0 Å². The summed E-state index contributed by atoms with van der Waals surface area (Å²) in [6.07, 6.45) is 3.33. The van der Waals surface area contributed by atoms with Gasteiger partial charge < -0.3 is 5.32 Å². The van der Waals surface area contributed by atoms with Crippen molar-refractivity contribution in [1.82, 2.24) is 19.7 Å². The number of nitrogens with one attached hydrogen (secondary N) is 1. The van der Waals surface area contributed by atoms with Gasteiger partial charge in [-0.1, -0.05) is 12.1 Å². The Morgan fingerprint density at radius 1 is 1.07 bits per heavy atom. The molecule has 3 heterocycles. The standard InChI is InChI=1S/C23H19N5OS/c1-14(2)28-21-16(13-25-28)11-17(12-24-21)22(29)26-18-9-7-15(8-10-18)23-27-19-5-3-4-6-20(19)30-23/h3-14H,1-2H3,(H,26,29). The Morgan fingerprint density at radius 2 is 1.87 bits per heavy atom. The molecule has 0 atom stereocenters. The first-order valence-electron chi connectivity index (χ1n) is 9.69. The normalized spacial score (nSPS) is 11.4. The smallest absolute Gasteiger partial charge is 0.257 e. The molecule has 1 N–H and O–H groups in total. The highest BCUT2D eigenvalue weighted by Crippen LogP contribution is 2.30. The Balaban J connectivity index is 1.35. The van der Waals surface area contributed by atoms with Crippen LogP contribution in [0.2, 0.25) is 0 Å². The zero-order valence-electron chi connectivity index (χ0n) is 16.5. The van der Waals surface area contributed by atoms with Crippen LogP contribution in [0, 0.1) is 0 Å². The number of fused-ring (bicyclic) bond motifs is 2. The minimum absolute atomic E-state index is 0.200. The predicted molar refractivity (Wildman–Crippen MR) is 121 cm³/mol. The molecular weight excluding hydrogens is 394 g/mol. The summed E-state index contributed by atoms with van der Waals surface area (Å²) >= 11 is 1.66. The van der Waals surface area contributed by atoms with Gasteiger partial charge in [0, 0.05) is 28.9 Å². The van der Waals surface area contributed by atoms with Crippen LogP contribution in [0.1, 0.15) is 30.2 Å². The third-order valence-corrected chi connectivity index (χ3v) is 5.95.